The van der Waals surface area contributed by atoms with Crippen molar-refractivity contribution in [2.45, 2.75) is 26.7 Å². The van der Waals surface area contributed by atoms with Gasteiger partial charge in [0.15, 0.2) is 0 Å². The summed E-state index contributed by atoms with van der Waals surface area (Å²) < 4.78 is 0. The number of hydrogen-bond donors (Lipinski definition) is 2. The Morgan fingerprint density at radius 3 is 1.62 bits per heavy atom. The highest BCUT2D eigenvalue weighted by atomic mass is 16.2. The zero-order valence-corrected chi connectivity index (χ0v) is 14.9. The fraction of sp³-hybridized carbons (Fsp3) is 0.200. The molecule has 0 saturated carbocycles. The summed E-state index contributed by atoms with van der Waals surface area (Å²) in [6.45, 7) is 3.96. The van der Waals surface area contributed by atoms with Gasteiger partial charge in [-0.1, -0.05) is 59.7 Å². The van der Waals surface area contributed by atoms with Crippen LogP contribution in [0.25, 0.3) is 0 Å². The predicted octanol–water partition coefficient (Wildman–Crippen LogP) is 2.68. The molecule has 2 N–H and O–H groups in total. The first-order valence-corrected chi connectivity index (χ1v) is 8.30. The summed E-state index contributed by atoms with van der Waals surface area (Å²) in [5, 5.41) is 7.77. The van der Waals surface area contributed by atoms with Crippen molar-refractivity contribution in [1.82, 2.24) is 10.9 Å². The minimum absolute atomic E-state index is 0.0386. The highest BCUT2D eigenvalue weighted by molar-refractivity contribution is 5.86. The lowest BCUT2D eigenvalue weighted by Crippen LogP contribution is -2.22. The Kier molecular flexibility index (Phi) is 7.24. The minimum Gasteiger partial charge on any atom is -0.273 e. The highest BCUT2D eigenvalue weighted by Gasteiger charge is 2.05. The number of hydrogen-bond acceptors (Lipinski definition) is 4. The van der Waals surface area contributed by atoms with E-state index in [-0.39, 0.29) is 24.7 Å². The molecule has 0 saturated heterocycles. The first kappa shape index (κ1) is 19.1. The van der Waals surface area contributed by atoms with E-state index in [9.17, 15) is 9.59 Å². The van der Waals surface area contributed by atoms with Crippen LogP contribution in [-0.2, 0) is 9.59 Å². The maximum absolute atomic E-state index is 11.7. The number of aryl methyl sites for hydroxylation is 2. The molecule has 2 aromatic carbocycles. The number of nitrogens with zero attached hydrogens (tertiary/aromatic N) is 2. The highest BCUT2D eigenvalue weighted by Crippen LogP contribution is 2.01. The standard InChI is InChI=1S/C20H22N4O2/c1-15-5-3-7-17(11-15)13-21-23-19(25)9-10-20(26)24-22-14-18-8-4-6-16(2)12-18/h3-8,11-14H,9-10H2,1-2H3,(H,23,25)(H,24,26)/b21-13-,22-14+. The summed E-state index contributed by atoms with van der Waals surface area (Å²) in [5.74, 6) is -0.654. The van der Waals surface area contributed by atoms with Crippen LogP contribution in [0, 0.1) is 13.8 Å². The third kappa shape index (κ3) is 7.09. The third-order valence-electron chi connectivity index (χ3n) is 3.47. The summed E-state index contributed by atoms with van der Waals surface area (Å²) in [7, 11) is 0. The molecule has 2 rings (SSSR count). The molecule has 0 bridgehead atoms. The van der Waals surface area contributed by atoms with Crippen molar-refractivity contribution in [3.63, 3.8) is 0 Å². The van der Waals surface area contributed by atoms with E-state index in [1.165, 1.54) is 0 Å². The first-order chi connectivity index (χ1) is 12.5. The Morgan fingerprint density at radius 1 is 0.808 bits per heavy atom. The van der Waals surface area contributed by atoms with Gasteiger partial charge in [-0.05, 0) is 25.0 Å². The largest absolute Gasteiger partial charge is 0.273 e. The van der Waals surface area contributed by atoms with Crippen LogP contribution in [0.4, 0.5) is 0 Å². The fourth-order valence-corrected chi connectivity index (χ4v) is 2.20. The van der Waals surface area contributed by atoms with Gasteiger partial charge < -0.3 is 0 Å². The number of carbonyl (C=O) groups is 2. The maximum Gasteiger partial charge on any atom is 0.240 e. The van der Waals surface area contributed by atoms with E-state index in [1.54, 1.807) is 12.4 Å². The van der Waals surface area contributed by atoms with E-state index in [4.69, 9.17) is 0 Å². The van der Waals surface area contributed by atoms with Crippen molar-refractivity contribution >= 4 is 24.2 Å². The predicted molar refractivity (Wildman–Crippen MR) is 103 cm³/mol. The number of amides is 2. The molecule has 0 unspecified atom stereocenters. The summed E-state index contributed by atoms with van der Waals surface area (Å²) >= 11 is 0. The molecule has 0 aromatic heterocycles. The number of benzene rings is 2. The topological polar surface area (TPSA) is 82.9 Å². The molecule has 0 heterocycles. The average molecular weight is 350 g/mol. The molecule has 2 aromatic rings. The van der Waals surface area contributed by atoms with Gasteiger partial charge in [-0.2, -0.15) is 10.2 Å². The smallest absolute Gasteiger partial charge is 0.240 e. The molecule has 6 heteroatoms. The number of rotatable bonds is 7. The van der Waals surface area contributed by atoms with Crippen molar-refractivity contribution in [2.75, 3.05) is 0 Å². The molecule has 0 aliphatic heterocycles. The van der Waals surface area contributed by atoms with Crippen LogP contribution in [0.5, 0.6) is 0 Å². The van der Waals surface area contributed by atoms with E-state index in [1.807, 2.05) is 62.4 Å². The second-order valence-electron chi connectivity index (χ2n) is 5.91. The number of hydrazone groups is 2. The Bertz CT molecular complexity index is 759. The quantitative estimate of drug-likeness (QED) is 0.594. The number of nitrogens with one attached hydrogen (secondary N) is 2. The molecule has 0 aliphatic rings. The van der Waals surface area contributed by atoms with Crippen LogP contribution in [0.3, 0.4) is 0 Å². The van der Waals surface area contributed by atoms with Crippen LogP contribution in [0.2, 0.25) is 0 Å². The van der Waals surface area contributed by atoms with Gasteiger partial charge in [-0.3, -0.25) is 9.59 Å². The summed E-state index contributed by atoms with van der Waals surface area (Å²) in [6, 6.07) is 15.5. The fourth-order valence-electron chi connectivity index (χ4n) is 2.20. The maximum atomic E-state index is 11.7. The summed E-state index contributed by atoms with van der Waals surface area (Å²) in [5.41, 5.74) is 8.83. The van der Waals surface area contributed by atoms with E-state index < -0.39 is 0 Å². The zero-order valence-electron chi connectivity index (χ0n) is 14.9. The zero-order chi connectivity index (χ0) is 18.8. The third-order valence-corrected chi connectivity index (χ3v) is 3.47. The van der Waals surface area contributed by atoms with Crippen molar-refractivity contribution in [1.29, 1.82) is 0 Å². The second-order valence-corrected chi connectivity index (χ2v) is 5.91. The van der Waals surface area contributed by atoms with Crippen molar-refractivity contribution in [3.8, 4) is 0 Å². The van der Waals surface area contributed by atoms with E-state index in [2.05, 4.69) is 21.1 Å². The minimum atomic E-state index is -0.327. The average Bonchev–Trinajstić information content (AvgIpc) is 2.60. The van der Waals surface area contributed by atoms with Crippen LogP contribution >= 0.6 is 0 Å². The molecule has 6 nitrogen and oxygen atoms in total. The Morgan fingerprint density at radius 2 is 1.23 bits per heavy atom. The normalized spacial score (nSPS) is 11.0. The van der Waals surface area contributed by atoms with Crippen LogP contribution in [-0.4, -0.2) is 24.2 Å². The number of carbonyl (C=O) groups excluding carboxylic acids is 2. The van der Waals surface area contributed by atoms with Crippen molar-refractivity contribution in [3.05, 3.63) is 70.8 Å². The molecule has 0 atom stereocenters. The molecule has 0 spiro atoms. The monoisotopic (exact) mass is 350 g/mol. The van der Waals surface area contributed by atoms with Crippen molar-refractivity contribution < 1.29 is 9.59 Å². The van der Waals surface area contributed by atoms with Gasteiger partial charge in [0, 0.05) is 12.8 Å². The molecule has 0 fully saturated rings. The Labute approximate surface area is 153 Å². The molecule has 134 valence electrons. The second kappa shape index (κ2) is 9.88. The van der Waals surface area contributed by atoms with Gasteiger partial charge in [0.2, 0.25) is 11.8 Å². The lowest BCUT2D eigenvalue weighted by molar-refractivity contribution is -0.126. The van der Waals surface area contributed by atoms with E-state index >= 15 is 0 Å². The molecule has 0 radical (unpaired) electrons. The lowest BCUT2D eigenvalue weighted by Gasteiger charge is -2.00. The van der Waals surface area contributed by atoms with Crippen LogP contribution in [0.1, 0.15) is 35.1 Å². The van der Waals surface area contributed by atoms with Gasteiger partial charge in [0.1, 0.15) is 0 Å². The van der Waals surface area contributed by atoms with Gasteiger partial charge in [-0.15, -0.1) is 0 Å². The van der Waals surface area contributed by atoms with Gasteiger partial charge in [0.25, 0.3) is 0 Å². The Balaban J connectivity index is 1.69. The van der Waals surface area contributed by atoms with Crippen LogP contribution in [0.15, 0.2) is 58.7 Å². The SMILES string of the molecule is Cc1cccc(/C=N\NC(=O)CCC(=O)N/N=C/c2cccc(C)c2)c1. The molecule has 2 amide bonds. The molecular formula is C20H22N4O2. The van der Waals surface area contributed by atoms with Gasteiger partial charge in [-0.25, -0.2) is 10.9 Å². The van der Waals surface area contributed by atoms with E-state index in [0.29, 0.717) is 0 Å². The lowest BCUT2D eigenvalue weighted by atomic mass is 10.2. The van der Waals surface area contributed by atoms with Crippen LogP contribution < -0.4 is 10.9 Å². The van der Waals surface area contributed by atoms with E-state index in [0.717, 1.165) is 22.3 Å². The summed E-state index contributed by atoms with van der Waals surface area (Å²) in [4.78, 5) is 23.4. The van der Waals surface area contributed by atoms with Gasteiger partial charge in [0.05, 0.1) is 12.4 Å². The summed E-state index contributed by atoms with van der Waals surface area (Å²) in [6.07, 6.45) is 3.21. The molecule has 26 heavy (non-hydrogen) atoms. The molecule has 0 aliphatic carbocycles. The first-order valence-electron chi connectivity index (χ1n) is 8.30. The van der Waals surface area contributed by atoms with Crippen molar-refractivity contribution in [2.24, 2.45) is 10.2 Å². The molecular weight excluding hydrogens is 328 g/mol. The van der Waals surface area contributed by atoms with Gasteiger partial charge >= 0.3 is 0 Å². The Hall–Kier alpha value is -3.28.